The van der Waals surface area contributed by atoms with Crippen molar-refractivity contribution in [3.8, 4) is 0 Å². The fourth-order valence-corrected chi connectivity index (χ4v) is 4.72. The van der Waals surface area contributed by atoms with Gasteiger partial charge in [0.15, 0.2) is 5.96 Å². The lowest BCUT2D eigenvalue weighted by Gasteiger charge is -2.47. The summed E-state index contributed by atoms with van der Waals surface area (Å²) in [5.74, 6) is 0.906. The predicted octanol–water partition coefficient (Wildman–Crippen LogP) is 3.74. The molecule has 5 nitrogen and oxygen atoms in total. The summed E-state index contributed by atoms with van der Waals surface area (Å²) >= 11 is 6.04. The Hall–Kier alpha value is -0.570. The number of guanidine groups is 1. The van der Waals surface area contributed by atoms with Crippen LogP contribution < -0.4 is 10.6 Å². The van der Waals surface area contributed by atoms with Crippen molar-refractivity contribution in [1.82, 2.24) is 20.4 Å². The van der Waals surface area contributed by atoms with E-state index in [4.69, 9.17) is 11.6 Å². The number of nitrogens with one attached hydrogen (secondary N) is 2. The first-order valence-electron chi connectivity index (χ1n) is 10.1. The lowest BCUT2D eigenvalue weighted by Crippen LogP contribution is -2.57. The zero-order chi connectivity index (χ0) is 19.4. The smallest absolute Gasteiger partial charge is 0.191 e. The fourth-order valence-electron chi connectivity index (χ4n) is 4.60. The minimum atomic E-state index is 0. The van der Waals surface area contributed by atoms with Gasteiger partial charge in [-0.3, -0.25) is 4.99 Å². The van der Waals surface area contributed by atoms with E-state index in [1.807, 2.05) is 19.2 Å². The maximum absolute atomic E-state index is 6.04. The molecule has 2 aliphatic heterocycles. The Bertz CT molecular complexity index is 622. The molecule has 1 aromatic rings. The summed E-state index contributed by atoms with van der Waals surface area (Å²) in [6.07, 6.45) is 6.46. The standard InChI is InChI=1S/C21H34ClN5.HI/c1-23-21(25-17-12-18-6-5-7-19(13-17)27(18)4)24-14-20(26(2)3)15-8-10-16(22)11-9-15;/h8-11,17-20H,5-7,12-14H2,1-4H3,(H2,23,24,25);1H. The highest BCUT2D eigenvalue weighted by Crippen LogP contribution is 2.32. The molecule has 0 aromatic heterocycles. The summed E-state index contributed by atoms with van der Waals surface area (Å²) in [6, 6.07) is 10.3. The van der Waals surface area contributed by atoms with Crippen LogP contribution in [0.3, 0.4) is 0 Å². The Balaban J connectivity index is 0.00000280. The molecule has 3 rings (SSSR count). The Kier molecular flexibility index (Phi) is 9.31. The van der Waals surface area contributed by atoms with Gasteiger partial charge in [-0.05, 0) is 64.5 Å². The molecular weight excluding hydrogens is 485 g/mol. The second kappa shape index (κ2) is 11.0. The zero-order valence-corrected chi connectivity index (χ0v) is 20.6. The second-order valence-electron chi connectivity index (χ2n) is 8.20. The zero-order valence-electron chi connectivity index (χ0n) is 17.5. The first-order chi connectivity index (χ1) is 13.0. The van der Waals surface area contributed by atoms with Crippen LogP contribution in [0.4, 0.5) is 0 Å². The van der Waals surface area contributed by atoms with Gasteiger partial charge >= 0.3 is 0 Å². The number of rotatable bonds is 5. The number of hydrogen-bond donors (Lipinski definition) is 2. The molecule has 28 heavy (non-hydrogen) atoms. The molecule has 1 aromatic carbocycles. The van der Waals surface area contributed by atoms with Crippen LogP contribution in [0.25, 0.3) is 0 Å². The van der Waals surface area contributed by atoms with Crippen molar-refractivity contribution >= 4 is 41.5 Å². The van der Waals surface area contributed by atoms with Crippen LogP contribution in [0.2, 0.25) is 5.02 Å². The fraction of sp³-hybridized carbons (Fsp3) is 0.667. The number of fused-ring (bicyclic) bond motifs is 2. The number of nitrogens with zero attached hydrogens (tertiary/aromatic N) is 3. The van der Waals surface area contributed by atoms with Crippen LogP contribution in [0.1, 0.15) is 43.7 Å². The molecule has 3 unspecified atom stereocenters. The third kappa shape index (κ3) is 5.97. The third-order valence-electron chi connectivity index (χ3n) is 6.25. The van der Waals surface area contributed by atoms with Crippen molar-refractivity contribution < 1.29 is 0 Å². The van der Waals surface area contributed by atoms with Gasteiger partial charge in [-0.2, -0.15) is 0 Å². The number of piperidine rings is 2. The SMILES string of the molecule is CN=C(NCC(c1ccc(Cl)cc1)N(C)C)NC1CC2CCCC(C1)N2C.I. The van der Waals surface area contributed by atoms with Gasteiger partial charge in [-0.25, -0.2) is 0 Å². The summed E-state index contributed by atoms with van der Waals surface area (Å²) in [6.45, 7) is 0.799. The number of aliphatic imine (C=N–C) groups is 1. The van der Waals surface area contributed by atoms with Gasteiger partial charge in [0.1, 0.15) is 0 Å². The molecule has 2 fully saturated rings. The van der Waals surface area contributed by atoms with Gasteiger partial charge in [-0.15, -0.1) is 24.0 Å². The molecule has 158 valence electrons. The molecule has 3 atom stereocenters. The molecule has 0 spiro atoms. The van der Waals surface area contributed by atoms with Crippen LogP contribution in [-0.4, -0.2) is 68.6 Å². The number of hydrogen-bond acceptors (Lipinski definition) is 3. The largest absolute Gasteiger partial charge is 0.354 e. The molecule has 0 aliphatic carbocycles. The van der Waals surface area contributed by atoms with Crippen LogP contribution in [0.5, 0.6) is 0 Å². The van der Waals surface area contributed by atoms with Crippen molar-refractivity contribution in [1.29, 1.82) is 0 Å². The van der Waals surface area contributed by atoms with E-state index in [1.54, 1.807) is 0 Å². The van der Waals surface area contributed by atoms with E-state index in [0.29, 0.717) is 6.04 Å². The summed E-state index contributed by atoms with van der Waals surface area (Å²) in [5, 5.41) is 7.99. The number of halogens is 2. The average Bonchev–Trinajstić information content (AvgIpc) is 2.62. The van der Waals surface area contributed by atoms with Crippen molar-refractivity contribution in [3.63, 3.8) is 0 Å². The molecule has 2 N–H and O–H groups in total. The normalized spacial score (nSPS) is 26.5. The van der Waals surface area contributed by atoms with Crippen molar-refractivity contribution in [2.75, 3.05) is 34.7 Å². The first-order valence-corrected chi connectivity index (χ1v) is 10.5. The average molecular weight is 520 g/mol. The Morgan fingerprint density at radius 2 is 1.82 bits per heavy atom. The molecule has 7 heteroatoms. The predicted molar refractivity (Wildman–Crippen MR) is 130 cm³/mol. The molecule has 0 amide bonds. The van der Waals surface area contributed by atoms with Crippen LogP contribution in [0.15, 0.2) is 29.3 Å². The lowest BCUT2D eigenvalue weighted by molar-refractivity contribution is 0.0526. The van der Waals surface area contributed by atoms with Gasteiger partial charge in [0, 0.05) is 36.7 Å². The van der Waals surface area contributed by atoms with Crippen molar-refractivity contribution in [2.24, 2.45) is 4.99 Å². The molecule has 0 radical (unpaired) electrons. The molecule has 2 saturated heterocycles. The van der Waals surface area contributed by atoms with E-state index in [0.717, 1.165) is 29.6 Å². The van der Waals surface area contributed by atoms with E-state index in [9.17, 15) is 0 Å². The molecule has 2 bridgehead atoms. The van der Waals surface area contributed by atoms with E-state index in [-0.39, 0.29) is 30.0 Å². The highest BCUT2D eigenvalue weighted by Gasteiger charge is 2.36. The van der Waals surface area contributed by atoms with E-state index in [2.05, 4.69) is 58.7 Å². The highest BCUT2D eigenvalue weighted by atomic mass is 127. The van der Waals surface area contributed by atoms with Crippen LogP contribution in [-0.2, 0) is 0 Å². The van der Waals surface area contributed by atoms with Crippen LogP contribution >= 0.6 is 35.6 Å². The summed E-state index contributed by atoms with van der Waals surface area (Å²) in [5.41, 5.74) is 1.25. The van der Waals surface area contributed by atoms with Crippen LogP contribution in [0, 0.1) is 0 Å². The second-order valence-corrected chi connectivity index (χ2v) is 8.64. The van der Waals surface area contributed by atoms with E-state index >= 15 is 0 Å². The Morgan fingerprint density at radius 1 is 1.21 bits per heavy atom. The maximum Gasteiger partial charge on any atom is 0.191 e. The third-order valence-corrected chi connectivity index (χ3v) is 6.50. The maximum atomic E-state index is 6.04. The van der Waals surface area contributed by atoms with Gasteiger partial charge in [-0.1, -0.05) is 30.2 Å². The molecule has 0 saturated carbocycles. The summed E-state index contributed by atoms with van der Waals surface area (Å²) in [7, 11) is 8.37. The van der Waals surface area contributed by atoms with E-state index in [1.165, 1.54) is 37.7 Å². The molecular formula is C21H35ClIN5. The lowest BCUT2D eigenvalue weighted by atomic mass is 9.82. The highest BCUT2D eigenvalue weighted by molar-refractivity contribution is 14.0. The molecule has 2 heterocycles. The number of likely N-dealkylation sites (N-methyl/N-ethyl adjacent to an activating group) is 1. The minimum Gasteiger partial charge on any atom is -0.354 e. The quantitative estimate of drug-likeness (QED) is 0.353. The molecule has 2 aliphatic rings. The van der Waals surface area contributed by atoms with Gasteiger partial charge < -0.3 is 20.4 Å². The number of benzene rings is 1. The van der Waals surface area contributed by atoms with E-state index < -0.39 is 0 Å². The van der Waals surface area contributed by atoms with Gasteiger partial charge in [0.05, 0.1) is 6.04 Å². The Labute approximate surface area is 192 Å². The summed E-state index contributed by atoms with van der Waals surface area (Å²) < 4.78 is 0. The minimum absolute atomic E-state index is 0. The first kappa shape index (κ1) is 23.7. The van der Waals surface area contributed by atoms with Crippen molar-refractivity contribution in [3.05, 3.63) is 34.9 Å². The Morgan fingerprint density at radius 3 is 2.36 bits per heavy atom. The van der Waals surface area contributed by atoms with Crippen molar-refractivity contribution in [2.45, 2.75) is 56.3 Å². The van der Waals surface area contributed by atoms with Gasteiger partial charge in [0.2, 0.25) is 0 Å². The van der Waals surface area contributed by atoms with Gasteiger partial charge in [0.25, 0.3) is 0 Å². The summed E-state index contributed by atoms with van der Waals surface area (Å²) in [4.78, 5) is 9.30. The monoisotopic (exact) mass is 519 g/mol. The topological polar surface area (TPSA) is 42.9 Å².